The Kier molecular flexibility index (Phi) is 5.15. The summed E-state index contributed by atoms with van der Waals surface area (Å²) in [6, 6.07) is 4.75. The molecule has 2 aromatic rings. The predicted octanol–water partition coefficient (Wildman–Crippen LogP) is 1.50. The quantitative estimate of drug-likeness (QED) is 0.618. The third-order valence-electron chi connectivity index (χ3n) is 4.33. The SMILES string of the molecule is Cn1nc(C(C)(C)NCOC[C@@H]2CNCCO2)c2ccc(F)cc21. The molecule has 0 saturated carbocycles. The van der Waals surface area contributed by atoms with Crippen molar-refractivity contribution in [1.29, 1.82) is 0 Å². The van der Waals surface area contributed by atoms with E-state index in [4.69, 9.17) is 9.47 Å². The summed E-state index contributed by atoms with van der Waals surface area (Å²) in [6.45, 7) is 7.47. The lowest BCUT2D eigenvalue weighted by Crippen LogP contribution is -2.43. The molecule has 7 heteroatoms. The van der Waals surface area contributed by atoms with Crippen LogP contribution in [0.1, 0.15) is 19.5 Å². The van der Waals surface area contributed by atoms with E-state index in [1.54, 1.807) is 10.7 Å². The minimum atomic E-state index is -0.400. The lowest BCUT2D eigenvalue weighted by Gasteiger charge is -2.27. The maximum absolute atomic E-state index is 13.5. The van der Waals surface area contributed by atoms with Crippen LogP contribution in [0.15, 0.2) is 18.2 Å². The summed E-state index contributed by atoms with van der Waals surface area (Å²) in [5.74, 6) is -0.257. The van der Waals surface area contributed by atoms with Crippen LogP contribution in [0.3, 0.4) is 0 Å². The second kappa shape index (κ2) is 7.14. The van der Waals surface area contributed by atoms with Crippen molar-refractivity contribution in [2.45, 2.75) is 25.5 Å². The van der Waals surface area contributed by atoms with Gasteiger partial charge in [0.2, 0.25) is 0 Å². The molecule has 1 aromatic heterocycles. The lowest BCUT2D eigenvalue weighted by molar-refractivity contribution is -0.0385. The van der Waals surface area contributed by atoms with Crippen LogP contribution < -0.4 is 10.6 Å². The van der Waals surface area contributed by atoms with Crippen molar-refractivity contribution >= 4 is 10.9 Å². The molecule has 1 aliphatic heterocycles. The Labute approximate surface area is 141 Å². The van der Waals surface area contributed by atoms with Crippen molar-refractivity contribution in [3.63, 3.8) is 0 Å². The molecule has 1 atom stereocenters. The van der Waals surface area contributed by atoms with Crippen LogP contribution in [-0.2, 0) is 22.1 Å². The van der Waals surface area contributed by atoms with Gasteiger partial charge in [-0.1, -0.05) is 0 Å². The van der Waals surface area contributed by atoms with Gasteiger partial charge >= 0.3 is 0 Å². The molecule has 6 nitrogen and oxygen atoms in total. The zero-order chi connectivity index (χ0) is 17.2. The molecule has 2 heterocycles. The number of halogens is 1. The van der Waals surface area contributed by atoms with E-state index in [0.29, 0.717) is 13.3 Å². The number of morpholine rings is 1. The number of hydrogen-bond donors (Lipinski definition) is 2. The first-order valence-electron chi connectivity index (χ1n) is 8.25. The van der Waals surface area contributed by atoms with Crippen LogP contribution in [0, 0.1) is 5.82 Å². The Morgan fingerprint density at radius 3 is 3.08 bits per heavy atom. The first-order chi connectivity index (χ1) is 11.5. The van der Waals surface area contributed by atoms with Crippen molar-refractivity contribution in [3.05, 3.63) is 29.7 Å². The van der Waals surface area contributed by atoms with Crippen LogP contribution in [0.2, 0.25) is 0 Å². The first-order valence-corrected chi connectivity index (χ1v) is 8.25. The standard InChI is InChI=1S/C17H25FN4O2/c1-17(2,20-11-23-10-13-9-19-6-7-24-13)16-14-5-4-12(18)8-15(14)22(3)21-16/h4-5,8,13,19-20H,6-7,9-11H2,1-3H3/t13-/m0/s1. The number of fused-ring (bicyclic) bond motifs is 1. The number of ether oxygens (including phenoxy) is 2. The fraction of sp³-hybridized carbons (Fsp3) is 0.588. The molecule has 1 saturated heterocycles. The smallest absolute Gasteiger partial charge is 0.125 e. The van der Waals surface area contributed by atoms with Crippen LogP contribution in [-0.4, -0.2) is 48.9 Å². The van der Waals surface area contributed by atoms with E-state index < -0.39 is 5.54 Å². The molecule has 0 aliphatic carbocycles. The molecule has 1 fully saturated rings. The zero-order valence-electron chi connectivity index (χ0n) is 14.4. The third-order valence-corrected chi connectivity index (χ3v) is 4.33. The third kappa shape index (κ3) is 3.75. The summed E-state index contributed by atoms with van der Waals surface area (Å²) < 4.78 is 26.5. The summed E-state index contributed by atoms with van der Waals surface area (Å²) in [7, 11) is 1.82. The fourth-order valence-electron chi connectivity index (χ4n) is 2.92. The highest BCUT2D eigenvalue weighted by Gasteiger charge is 2.26. The van der Waals surface area contributed by atoms with E-state index in [2.05, 4.69) is 15.7 Å². The molecule has 132 valence electrons. The van der Waals surface area contributed by atoms with Gasteiger partial charge in [0.1, 0.15) is 5.82 Å². The molecule has 1 aromatic carbocycles. The topological polar surface area (TPSA) is 60.3 Å². The van der Waals surface area contributed by atoms with Crippen LogP contribution in [0.4, 0.5) is 4.39 Å². The van der Waals surface area contributed by atoms with Gasteiger partial charge in [0.05, 0.1) is 42.8 Å². The van der Waals surface area contributed by atoms with Gasteiger partial charge < -0.3 is 14.8 Å². The highest BCUT2D eigenvalue weighted by Crippen LogP contribution is 2.27. The van der Waals surface area contributed by atoms with Crippen LogP contribution in [0.25, 0.3) is 10.9 Å². The Balaban J connectivity index is 1.62. The molecule has 0 unspecified atom stereocenters. The van der Waals surface area contributed by atoms with Crippen molar-refractivity contribution in [2.75, 3.05) is 33.0 Å². The molecule has 0 amide bonds. The van der Waals surface area contributed by atoms with E-state index in [9.17, 15) is 4.39 Å². The van der Waals surface area contributed by atoms with Crippen LogP contribution >= 0.6 is 0 Å². The first kappa shape index (κ1) is 17.3. The molecule has 3 rings (SSSR count). The van der Waals surface area contributed by atoms with Gasteiger partial charge in [0.15, 0.2) is 0 Å². The predicted molar refractivity (Wildman–Crippen MR) is 90.3 cm³/mol. The van der Waals surface area contributed by atoms with Crippen molar-refractivity contribution in [1.82, 2.24) is 20.4 Å². The Bertz CT molecular complexity index is 695. The van der Waals surface area contributed by atoms with E-state index in [0.717, 1.165) is 36.3 Å². The number of aromatic nitrogens is 2. The van der Waals surface area contributed by atoms with Crippen LogP contribution in [0.5, 0.6) is 0 Å². The Morgan fingerprint density at radius 1 is 1.50 bits per heavy atom. The highest BCUT2D eigenvalue weighted by molar-refractivity contribution is 5.82. The number of nitrogens with one attached hydrogen (secondary N) is 2. The van der Waals surface area contributed by atoms with Gasteiger partial charge in [-0.15, -0.1) is 0 Å². The maximum Gasteiger partial charge on any atom is 0.125 e. The number of hydrogen-bond acceptors (Lipinski definition) is 5. The summed E-state index contributed by atoms with van der Waals surface area (Å²) >= 11 is 0. The number of rotatable bonds is 6. The number of aryl methyl sites for hydroxylation is 1. The minimum Gasteiger partial charge on any atom is -0.373 e. The van der Waals surface area contributed by atoms with E-state index in [1.165, 1.54) is 12.1 Å². The van der Waals surface area contributed by atoms with Crippen molar-refractivity contribution in [2.24, 2.45) is 7.05 Å². The van der Waals surface area contributed by atoms with Crippen molar-refractivity contribution < 1.29 is 13.9 Å². The minimum absolute atomic E-state index is 0.0994. The van der Waals surface area contributed by atoms with E-state index in [-0.39, 0.29) is 11.9 Å². The summed E-state index contributed by atoms with van der Waals surface area (Å²) in [5.41, 5.74) is 1.25. The molecular weight excluding hydrogens is 311 g/mol. The highest BCUT2D eigenvalue weighted by atomic mass is 19.1. The second-order valence-electron chi connectivity index (χ2n) is 6.65. The normalized spacial score (nSPS) is 19.1. The van der Waals surface area contributed by atoms with Gasteiger partial charge in [-0.3, -0.25) is 10.00 Å². The Morgan fingerprint density at radius 2 is 2.33 bits per heavy atom. The van der Waals surface area contributed by atoms with E-state index in [1.807, 2.05) is 20.9 Å². The summed E-state index contributed by atoms with van der Waals surface area (Å²) in [4.78, 5) is 0. The fourth-order valence-corrected chi connectivity index (χ4v) is 2.92. The summed E-state index contributed by atoms with van der Waals surface area (Å²) in [6.07, 6.45) is 0.0994. The lowest BCUT2D eigenvalue weighted by atomic mass is 9.97. The summed E-state index contributed by atoms with van der Waals surface area (Å²) in [5, 5.41) is 12.2. The molecule has 1 aliphatic rings. The van der Waals surface area contributed by atoms with Gasteiger partial charge in [-0.25, -0.2) is 4.39 Å². The van der Waals surface area contributed by atoms with Gasteiger partial charge in [-0.05, 0) is 32.0 Å². The molecule has 2 N–H and O–H groups in total. The van der Waals surface area contributed by atoms with E-state index >= 15 is 0 Å². The maximum atomic E-state index is 13.5. The average molecular weight is 336 g/mol. The van der Waals surface area contributed by atoms with Gasteiger partial charge in [0.25, 0.3) is 0 Å². The number of benzene rings is 1. The Hall–Kier alpha value is -1.54. The second-order valence-corrected chi connectivity index (χ2v) is 6.65. The zero-order valence-corrected chi connectivity index (χ0v) is 14.4. The molecular formula is C17H25FN4O2. The van der Waals surface area contributed by atoms with Crippen molar-refractivity contribution in [3.8, 4) is 0 Å². The average Bonchev–Trinajstić information content (AvgIpc) is 2.90. The molecule has 0 bridgehead atoms. The monoisotopic (exact) mass is 336 g/mol. The largest absolute Gasteiger partial charge is 0.373 e. The van der Waals surface area contributed by atoms with Gasteiger partial charge in [-0.2, -0.15) is 5.10 Å². The number of nitrogens with zero attached hydrogens (tertiary/aromatic N) is 2. The molecule has 24 heavy (non-hydrogen) atoms. The van der Waals surface area contributed by atoms with Gasteiger partial charge in [0, 0.05) is 25.5 Å². The molecule has 0 radical (unpaired) electrons. The molecule has 0 spiro atoms.